The quantitative estimate of drug-likeness (QED) is 0.938. The van der Waals surface area contributed by atoms with Crippen molar-refractivity contribution in [3.63, 3.8) is 0 Å². The van der Waals surface area contributed by atoms with Gasteiger partial charge in [-0.15, -0.1) is 0 Å². The highest BCUT2D eigenvalue weighted by atomic mass is 19.1. The second kappa shape index (κ2) is 5.82. The molecule has 1 unspecified atom stereocenters. The third kappa shape index (κ3) is 2.63. The van der Waals surface area contributed by atoms with Gasteiger partial charge in [0.05, 0.1) is 6.61 Å². The minimum Gasteiger partial charge on any atom is -0.490 e. The van der Waals surface area contributed by atoms with E-state index >= 15 is 0 Å². The maximum absolute atomic E-state index is 13.1. The number of ether oxygens (including phenoxy) is 1. The first-order valence-electron chi connectivity index (χ1n) is 7.35. The van der Waals surface area contributed by atoms with E-state index in [1.165, 1.54) is 17.7 Å². The van der Waals surface area contributed by atoms with Gasteiger partial charge in [0.25, 0.3) is 0 Å². The lowest BCUT2D eigenvalue weighted by Crippen LogP contribution is -2.06. The lowest BCUT2D eigenvalue weighted by Gasteiger charge is -2.11. The van der Waals surface area contributed by atoms with Crippen molar-refractivity contribution in [2.45, 2.75) is 25.7 Å². The molecule has 0 aliphatic carbocycles. The Morgan fingerprint density at radius 1 is 1.33 bits per heavy atom. The van der Waals surface area contributed by atoms with Crippen molar-refractivity contribution >= 4 is 0 Å². The van der Waals surface area contributed by atoms with Gasteiger partial charge in [-0.3, -0.25) is 0 Å². The lowest BCUT2D eigenvalue weighted by atomic mass is 9.96. The highest BCUT2D eigenvalue weighted by molar-refractivity contribution is 5.69. The zero-order chi connectivity index (χ0) is 14.8. The van der Waals surface area contributed by atoms with Crippen LogP contribution in [-0.4, -0.2) is 18.1 Å². The maximum Gasteiger partial charge on any atom is 0.149 e. The van der Waals surface area contributed by atoms with Gasteiger partial charge in [0.1, 0.15) is 17.3 Å². The molecule has 1 aliphatic heterocycles. The minimum absolute atomic E-state index is 0.249. The maximum atomic E-state index is 13.1. The Hall–Kier alpha value is -1.94. The Kier molecular flexibility index (Phi) is 3.88. The SMILES string of the molecule is CCC1COc2c1cc(CCN)nc2-c1ccc(F)cc1. The fourth-order valence-electron chi connectivity index (χ4n) is 2.75. The lowest BCUT2D eigenvalue weighted by molar-refractivity contribution is 0.328. The highest BCUT2D eigenvalue weighted by Gasteiger charge is 2.27. The number of pyridine rings is 1. The van der Waals surface area contributed by atoms with E-state index in [1.54, 1.807) is 12.1 Å². The molecule has 1 aromatic carbocycles. The Labute approximate surface area is 124 Å². The largest absolute Gasteiger partial charge is 0.490 e. The zero-order valence-corrected chi connectivity index (χ0v) is 12.1. The molecular weight excluding hydrogens is 267 g/mol. The predicted octanol–water partition coefficient (Wildman–Crippen LogP) is 3.27. The number of benzene rings is 1. The van der Waals surface area contributed by atoms with Crippen LogP contribution in [0.25, 0.3) is 11.3 Å². The second-order valence-corrected chi connectivity index (χ2v) is 5.34. The fourth-order valence-corrected chi connectivity index (χ4v) is 2.75. The number of rotatable bonds is 4. The molecule has 4 heteroatoms. The van der Waals surface area contributed by atoms with E-state index in [1.807, 2.05) is 0 Å². The molecular formula is C17H19FN2O. The molecule has 2 heterocycles. The first-order chi connectivity index (χ1) is 10.2. The summed E-state index contributed by atoms with van der Waals surface area (Å²) >= 11 is 0. The van der Waals surface area contributed by atoms with E-state index < -0.39 is 0 Å². The summed E-state index contributed by atoms with van der Waals surface area (Å²) in [5.74, 6) is 0.994. The van der Waals surface area contributed by atoms with Gasteiger partial charge < -0.3 is 10.5 Å². The van der Waals surface area contributed by atoms with Crippen LogP contribution < -0.4 is 10.5 Å². The summed E-state index contributed by atoms with van der Waals surface area (Å²) in [6.45, 7) is 3.41. The molecule has 1 atom stereocenters. The predicted molar refractivity (Wildman–Crippen MR) is 80.9 cm³/mol. The van der Waals surface area contributed by atoms with Crippen molar-refractivity contribution in [2.75, 3.05) is 13.2 Å². The van der Waals surface area contributed by atoms with Crippen LogP contribution in [0.15, 0.2) is 30.3 Å². The summed E-state index contributed by atoms with van der Waals surface area (Å²) < 4.78 is 19.0. The van der Waals surface area contributed by atoms with Gasteiger partial charge in [0.2, 0.25) is 0 Å². The first-order valence-corrected chi connectivity index (χ1v) is 7.35. The summed E-state index contributed by atoms with van der Waals surface area (Å²) in [6.07, 6.45) is 1.76. The van der Waals surface area contributed by atoms with Gasteiger partial charge in [-0.05, 0) is 43.3 Å². The van der Waals surface area contributed by atoms with Crippen molar-refractivity contribution in [2.24, 2.45) is 5.73 Å². The Bertz CT molecular complexity index is 640. The van der Waals surface area contributed by atoms with E-state index in [9.17, 15) is 4.39 Å². The van der Waals surface area contributed by atoms with Crippen LogP contribution in [0.5, 0.6) is 5.75 Å². The number of fused-ring (bicyclic) bond motifs is 1. The highest BCUT2D eigenvalue weighted by Crippen LogP contribution is 2.42. The van der Waals surface area contributed by atoms with Crippen LogP contribution in [0.4, 0.5) is 4.39 Å². The summed E-state index contributed by atoms with van der Waals surface area (Å²) in [7, 11) is 0. The van der Waals surface area contributed by atoms with E-state index in [0.717, 1.165) is 35.5 Å². The standard InChI is InChI=1S/C17H19FN2O/c1-2-11-10-21-17-15(11)9-14(7-8-19)20-16(17)12-3-5-13(18)6-4-12/h3-6,9,11H,2,7-8,10,19H2,1H3. The van der Waals surface area contributed by atoms with Crippen molar-refractivity contribution in [3.8, 4) is 17.0 Å². The number of nitrogens with two attached hydrogens (primary N) is 1. The number of aromatic nitrogens is 1. The summed E-state index contributed by atoms with van der Waals surface area (Å²) in [5.41, 5.74) is 9.51. The summed E-state index contributed by atoms with van der Waals surface area (Å²) in [6, 6.07) is 8.49. The molecule has 2 N–H and O–H groups in total. The number of hydrogen-bond donors (Lipinski definition) is 1. The summed E-state index contributed by atoms with van der Waals surface area (Å²) in [5, 5.41) is 0. The van der Waals surface area contributed by atoms with Gasteiger partial charge in [-0.1, -0.05) is 6.92 Å². The van der Waals surface area contributed by atoms with Gasteiger partial charge >= 0.3 is 0 Å². The van der Waals surface area contributed by atoms with E-state index in [0.29, 0.717) is 19.1 Å². The van der Waals surface area contributed by atoms with Crippen LogP contribution in [0.1, 0.15) is 30.5 Å². The second-order valence-electron chi connectivity index (χ2n) is 5.34. The molecule has 21 heavy (non-hydrogen) atoms. The molecule has 0 spiro atoms. The van der Waals surface area contributed by atoms with Crippen molar-refractivity contribution in [3.05, 3.63) is 47.4 Å². The molecule has 110 valence electrons. The molecule has 0 fully saturated rings. The monoisotopic (exact) mass is 286 g/mol. The molecule has 1 aromatic heterocycles. The third-order valence-corrected chi connectivity index (χ3v) is 3.93. The average Bonchev–Trinajstić information content (AvgIpc) is 2.90. The van der Waals surface area contributed by atoms with Crippen molar-refractivity contribution in [1.29, 1.82) is 0 Å². The Morgan fingerprint density at radius 2 is 2.10 bits per heavy atom. The molecule has 0 radical (unpaired) electrons. The fraction of sp³-hybridized carbons (Fsp3) is 0.353. The molecule has 3 rings (SSSR count). The van der Waals surface area contributed by atoms with Gasteiger partial charge in [0.15, 0.2) is 0 Å². The number of nitrogens with zero attached hydrogens (tertiary/aromatic N) is 1. The van der Waals surface area contributed by atoms with Crippen LogP contribution >= 0.6 is 0 Å². The minimum atomic E-state index is -0.249. The molecule has 0 saturated carbocycles. The van der Waals surface area contributed by atoms with Gasteiger partial charge in [-0.2, -0.15) is 0 Å². The van der Waals surface area contributed by atoms with Gasteiger partial charge in [0, 0.05) is 29.2 Å². The smallest absolute Gasteiger partial charge is 0.149 e. The van der Waals surface area contributed by atoms with Crippen molar-refractivity contribution in [1.82, 2.24) is 4.98 Å². The Balaban J connectivity index is 2.12. The topological polar surface area (TPSA) is 48.1 Å². The molecule has 0 saturated heterocycles. The molecule has 1 aliphatic rings. The molecule has 2 aromatic rings. The van der Waals surface area contributed by atoms with Crippen molar-refractivity contribution < 1.29 is 9.13 Å². The molecule has 0 bridgehead atoms. The molecule has 0 amide bonds. The zero-order valence-electron chi connectivity index (χ0n) is 12.1. The Morgan fingerprint density at radius 3 is 2.76 bits per heavy atom. The third-order valence-electron chi connectivity index (χ3n) is 3.93. The van der Waals surface area contributed by atoms with E-state index in [2.05, 4.69) is 18.0 Å². The molecule has 3 nitrogen and oxygen atoms in total. The normalized spacial score (nSPS) is 16.6. The van der Waals surface area contributed by atoms with Gasteiger partial charge in [-0.25, -0.2) is 9.37 Å². The van der Waals surface area contributed by atoms with Crippen LogP contribution in [-0.2, 0) is 6.42 Å². The number of halogens is 1. The van der Waals surface area contributed by atoms with Crippen LogP contribution in [0.3, 0.4) is 0 Å². The number of hydrogen-bond acceptors (Lipinski definition) is 3. The van der Waals surface area contributed by atoms with E-state index in [-0.39, 0.29) is 5.82 Å². The summed E-state index contributed by atoms with van der Waals surface area (Å²) in [4.78, 5) is 4.68. The van der Waals surface area contributed by atoms with E-state index in [4.69, 9.17) is 10.5 Å². The average molecular weight is 286 g/mol. The first kappa shape index (κ1) is 14.0. The van der Waals surface area contributed by atoms with Crippen LogP contribution in [0, 0.1) is 5.82 Å². The van der Waals surface area contributed by atoms with Crippen LogP contribution in [0.2, 0.25) is 0 Å².